The Labute approximate surface area is 86.6 Å². The fraction of sp³-hybridized carbons (Fsp3) is 0.125. The fourth-order valence-electron chi connectivity index (χ4n) is 0.816. The zero-order chi connectivity index (χ0) is 11.5. The Morgan fingerprint density at radius 2 is 2.13 bits per heavy atom. The van der Waals surface area contributed by atoms with Crippen LogP contribution in [-0.2, 0) is 19.2 Å². The van der Waals surface area contributed by atoms with Gasteiger partial charge in [0.1, 0.15) is 5.71 Å². The third-order valence-corrected chi connectivity index (χ3v) is 1.77. The van der Waals surface area contributed by atoms with Gasteiger partial charge in [-0.05, 0) is 18.2 Å². The molecule has 7 heteroatoms. The Morgan fingerprint density at radius 3 is 2.67 bits per heavy atom. The standard InChI is InChI=1S/C8H8N2O4S/c1-15(12,13)14-10-7-2-3-8(11)6(4-7)5-9/h2-5,9H,1H3. The summed E-state index contributed by atoms with van der Waals surface area (Å²) in [6.07, 6.45) is 5.48. The van der Waals surface area contributed by atoms with Crippen LogP contribution in [0.3, 0.4) is 0 Å². The van der Waals surface area contributed by atoms with E-state index in [2.05, 4.69) is 9.44 Å². The van der Waals surface area contributed by atoms with Gasteiger partial charge in [-0.3, -0.25) is 9.08 Å². The summed E-state index contributed by atoms with van der Waals surface area (Å²) in [5, 5.41) is 10.2. The molecule has 0 saturated heterocycles. The molecule has 0 heterocycles. The normalized spacial score (nSPS) is 18.9. The number of ketones is 1. The molecule has 0 aliphatic heterocycles. The number of oxime groups is 1. The highest BCUT2D eigenvalue weighted by Crippen LogP contribution is 2.04. The smallest absolute Gasteiger partial charge is 0.308 e. The van der Waals surface area contributed by atoms with Crippen molar-refractivity contribution in [3.8, 4) is 0 Å². The molecule has 0 aromatic carbocycles. The number of allylic oxidation sites excluding steroid dienone is 4. The highest BCUT2D eigenvalue weighted by Gasteiger charge is 2.10. The lowest BCUT2D eigenvalue weighted by Gasteiger charge is -2.02. The monoisotopic (exact) mass is 228 g/mol. The number of hydrogen-bond acceptors (Lipinski definition) is 6. The van der Waals surface area contributed by atoms with Gasteiger partial charge in [0, 0.05) is 11.8 Å². The van der Waals surface area contributed by atoms with Gasteiger partial charge in [0.05, 0.1) is 6.26 Å². The first-order valence-electron chi connectivity index (χ1n) is 3.83. The van der Waals surface area contributed by atoms with Crippen LogP contribution in [0, 0.1) is 5.41 Å². The maximum absolute atomic E-state index is 11.1. The van der Waals surface area contributed by atoms with Crippen molar-refractivity contribution < 1.29 is 17.5 Å². The van der Waals surface area contributed by atoms with Crippen molar-refractivity contribution in [3.05, 3.63) is 23.8 Å². The fourth-order valence-corrected chi connectivity index (χ4v) is 1.04. The molecular weight excluding hydrogens is 220 g/mol. The zero-order valence-electron chi connectivity index (χ0n) is 7.80. The number of nitrogens with one attached hydrogen (secondary N) is 1. The van der Waals surface area contributed by atoms with E-state index in [0.29, 0.717) is 0 Å². The van der Waals surface area contributed by atoms with Crippen LogP contribution in [0.15, 0.2) is 29.0 Å². The molecule has 0 spiro atoms. The van der Waals surface area contributed by atoms with Gasteiger partial charge in [-0.25, -0.2) is 0 Å². The van der Waals surface area contributed by atoms with E-state index in [1.54, 1.807) is 0 Å². The van der Waals surface area contributed by atoms with E-state index in [1.165, 1.54) is 18.2 Å². The summed E-state index contributed by atoms with van der Waals surface area (Å²) in [5.74, 6) is -0.330. The molecule has 1 aliphatic carbocycles. The van der Waals surface area contributed by atoms with Gasteiger partial charge in [0.2, 0.25) is 0 Å². The van der Waals surface area contributed by atoms with Crippen LogP contribution in [-0.4, -0.2) is 32.4 Å². The van der Waals surface area contributed by atoms with Gasteiger partial charge < -0.3 is 5.41 Å². The van der Waals surface area contributed by atoms with Crippen molar-refractivity contribution in [1.29, 1.82) is 5.41 Å². The van der Waals surface area contributed by atoms with E-state index in [0.717, 1.165) is 12.5 Å². The van der Waals surface area contributed by atoms with Crippen molar-refractivity contribution in [2.75, 3.05) is 6.26 Å². The molecule has 0 radical (unpaired) electrons. The predicted octanol–water partition coefficient (Wildman–Crippen LogP) is 0.0335. The molecule has 1 rings (SSSR count). The molecule has 0 fully saturated rings. The van der Waals surface area contributed by atoms with Crippen LogP contribution >= 0.6 is 0 Å². The van der Waals surface area contributed by atoms with Crippen LogP contribution < -0.4 is 0 Å². The number of nitrogens with zero attached hydrogens (tertiary/aromatic N) is 1. The number of hydrogen-bond donors (Lipinski definition) is 1. The van der Waals surface area contributed by atoms with E-state index in [-0.39, 0.29) is 17.1 Å². The van der Waals surface area contributed by atoms with Gasteiger partial charge in [0.25, 0.3) is 0 Å². The second kappa shape index (κ2) is 4.18. The summed E-state index contributed by atoms with van der Waals surface area (Å²) in [6, 6.07) is 0. The van der Waals surface area contributed by atoms with Gasteiger partial charge >= 0.3 is 10.1 Å². The molecule has 0 aromatic rings. The molecule has 0 unspecified atom stereocenters. The van der Waals surface area contributed by atoms with Crippen molar-refractivity contribution in [2.24, 2.45) is 5.16 Å². The third kappa shape index (κ3) is 3.47. The molecule has 80 valence electrons. The quantitative estimate of drug-likeness (QED) is 0.418. The summed E-state index contributed by atoms with van der Waals surface area (Å²) in [5.41, 5.74) is 0.284. The zero-order valence-corrected chi connectivity index (χ0v) is 8.61. The van der Waals surface area contributed by atoms with Gasteiger partial charge in [0.15, 0.2) is 5.78 Å². The van der Waals surface area contributed by atoms with E-state index in [9.17, 15) is 13.2 Å². The molecule has 15 heavy (non-hydrogen) atoms. The first-order valence-corrected chi connectivity index (χ1v) is 5.65. The van der Waals surface area contributed by atoms with E-state index in [4.69, 9.17) is 5.41 Å². The first-order chi connectivity index (χ1) is 6.92. The van der Waals surface area contributed by atoms with Crippen molar-refractivity contribution >= 4 is 27.8 Å². The molecule has 0 bridgehead atoms. The molecule has 0 atom stereocenters. The number of rotatable bonds is 3. The van der Waals surface area contributed by atoms with Gasteiger partial charge in [-0.1, -0.05) is 5.16 Å². The lowest BCUT2D eigenvalue weighted by molar-refractivity contribution is -0.110. The molecule has 6 nitrogen and oxygen atoms in total. The third-order valence-electron chi connectivity index (χ3n) is 1.43. The largest absolute Gasteiger partial charge is 0.325 e. The number of carbonyl (C=O) groups excluding carboxylic acids is 1. The molecule has 0 saturated carbocycles. The highest BCUT2D eigenvalue weighted by atomic mass is 32.2. The highest BCUT2D eigenvalue weighted by molar-refractivity contribution is 7.85. The van der Waals surface area contributed by atoms with Crippen molar-refractivity contribution in [3.63, 3.8) is 0 Å². The van der Waals surface area contributed by atoms with Crippen LogP contribution in [0.2, 0.25) is 0 Å². The lowest BCUT2D eigenvalue weighted by atomic mass is 10.0. The second-order valence-electron chi connectivity index (χ2n) is 2.74. The number of carbonyl (C=O) groups is 1. The minimum Gasteiger partial charge on any atom is -0.308 e. The van der Waals surface area contributed by atoms with Crippen LogP contribution in [0.4, 0.5) is 0 Å². The minimum absolute atomic E-state index is 0.119. The molecule has 0 amide bonds. The Balaban J connectivity index is 2.91. The summed E-state index contributed by atoms with van der Waals surface area (Å²) in [4.78, 5) is 11.1. The van der Waals surface area contributed by atoms with Gasteiger partial charge in [-0.2, -0.15) is 8.42 Å². The average molecular weight is 228 g/mol. The molecule has 0 aromatic heterocycles. The predicted molar refractivity (Wildman–Crippen MR) is 54.4 cm³/mol. The second-order valence-corrected chi connectivity index (χ2v) is 4.29. The molecule has 1 N–H and O–H groups in total. The van der Waals surface area contributed by atoms with E-state index in [1.807, 2.05) is 0 Å². The van der Waals surface area contributed by atoms with Gasteiger partial charge in [-0.15, -0.1) is 0 Å². The Kier molecular flexibility index (Phi) is 3.15. The SMILES string of the molecule is CS(=O)(=O)ON=C1C=CC(=O)C(C=N)=C1. The minimum atomic E-state index is -3.65. The molecular formula is C8H8N2O4S. The Hall–Kier alpha value is -1.76. The van der Waals surface area contributed by atoms with Crippen molar-refractivity contribution in [1.82, 2.24) is 0 Å². The summed E-state index contributed by atoms with van der Waals surface area (Å²) >= 11 is 0. The summed E-state index contributed by atoms with van der Waals surface area (Å²) < 4.78 is 25.4. The van der Waals surface area contributed by atoms with Crippen LogP contribution in [0.1, 0.15) is 0 Å². The van der Waals surface area contributed by atoms with Crippen LogP contribution in [0.5, 0.6) is 0 Å². The molecule has 1 aliphatic rings. The topological polar surface area (TPSA) is 96.7 Å². The van der Waals surface area contributed by atoms with E-state index >= 15 is 0 Å². The van der Waals surface area contributed by atoms with Crippen LogP contribution in [0.25, 0.3) is 0 Å². The Bertz CT molecular complexity index is 485. The summed E-state index contributed by atoms with van der Waals surface area (Å²) in [6.45, 7) is 0. The van der Waals surface area contributed by atoms with E-state index < -0.39 is 10.1 Å². The maximum atomic E-state index is 11.1. The summed E-state index contributed by atoms with van der Waals surface area (Å²) in [7, 11) is -3.65. The average Bonchev–Trinajstić information content (AvgIpc) is 2.15. The Morgan fingerprint density at radius 1 is 1.47 bits per heavy atom. The van der Waals surface area contributed by atoms with Crippen molar-refractivity contribution in [2.45, 2.75) is 0 Å². The first kappa shape index (κ1) is 11.3. The maximum Gasteiger partial charge on any atom is 0.325 e. The lowest BCUT2D eigenvalue weighted by Crippen LogP contribution is -2.09.